The molecule has 8 heavy (non-hydrogen) atoms. The molecule has 0 rings (SSSR count). The number of likely N-dealkylation sites (N-methyl/N-ethyl adjacent to an activating group) is 1. The second kappa shape index (κ2) is 3.69. The van der Waals surface area contributed by atoms with Gasteiger partial charge in [-0.05, 0) is 0 Å². The van der Waals surface area contributed by atoms with Crippen molar-refractivity contribution in [2.24, 2.45) is 0 Å². The molecule has 2 nitrogen and oxygen atoms in total. The van der Waals surface area contributed by atoms with Crippen molar-refractivity contribution >= 4 is 22.9 Å². The molecule has 0 amide bonds. The molecule has 48 valence electrons. The van der Waals surface area contributed by atoms with Crippen LogP contribution in [0.3, 0.4) is 0 Å². The molecular weight excluding hydrogens is 209 g/mol. The predicted octanol–water partition coefficient (Wildman–Crippen LogP) is -0.362. The summed E-state index contributed by atoms with van der Waals surface area (Å²) < 4.78 is 6.03. The van der Waals surface area contributed by atoms with E-state index in [0.29, 0.717) is 0 Å². The van der Waals surface area contributed by atoms with E-state index in [0.717, 1.165) is 40.6 Å². The first-order chi connectivity index (χ1) is 3.56. The second-order valence-electron chi connectivity index (χ2n) is 2.88. The molecule has 3 heteroatoms. The molecule has 0 aliphatic heterocycles. The Labute approximate surface area is 66.5 Å². The van der Waals surface area contributed by atoms with E-state index < -0.39 is 0 Å². The fraction of sp³-hybridized carbons (Fsp3) is 1.00. The largest absolute Gasteiger partial charge is 1.00 e. The van der Waals surface area contributed by atoms with Crippen LogP contribution >= 0.6 is 0 Å². The van der Waals surface area contributed by atoms with Crippen LogP contribution in [-0.4, -0.2) is 61.7 Å². The van der Waals surface area contributed by atoms with Crippen LogP contribution in [0.25, 0.3) is 0 Å². The third kappa shape index (κ3) is 6.72. The Hall–Kier alpha value is 0.719. The molecule has 2 radical (unpaired) electrons. The molecule has 0 heterocycles. The van der Waals surface area contributed by atoms with Gasteiger partial charge in [0.1, 0.15) is 0 Å². The molecule has 0 aliphatic carbocycles. The number of rotatable bonds is 3. The molecule has 0 aliphatic rings. The van der Waals surface area contributed by atoms with E-state index in [1.54, 1.807) is 0 Å². The average Bonchev–Trinajstić information content (AvgIpc) is 1.59. The van der Waals surface area contributed by atoms with E-state index in [1.165, 1.54) is 0 Å². The van der Waals surface area contributed by atoms with Gasteiger partial charge in [0.15, 0.2) is 0 Å². The topological polar surface area (TPSA) is 9.23 Å². The predicted molar refractivity (Wildman–Crippen MR) is 37.1 cm³/mol. The van der Waals surface area contributed by atoms with Gasteiger partial charge in [0, 0.05) is 0 Å². The van der Waals surface area contributed by atoms with Crippen LogP contribution in [0.5, 0.6) is 0 Å². The van der Waals surface area contributed by atoms with Crippen molar-refractivity contribution in [1.29, 1.82) is 0 Å². The van der Waals surface area contributed by atoms with Gasteiger partial charge in [-0.25, -0.2) is 0 Å². The molecule has 0 aromatic heterocycles. The van der Waals surface area contributed by atoms with Crippen molar-refractivity contribution in [1.82, 2.24) is 0 Å². The average molecular weight is 224 g/mol. The summed E-state index contributed by atoms with van der Waals surface area (Å²) in [5.41, 5.74) is 0. The third-order valence-electron chi connectivity index (χ3n) is 0.880. The Balaban J connectivity index is 0. The minimum Gasteiger partial charge on any atom is 1.00 e. The van der Waals surface area contributed by atoms with Gasteiger partial charge in [-0.2, -0.15) is 0 Å². The number of nitrogens with zero attached hydrogens (tertiary/aromatic N) is 1. The second-order valence-corrected chi connectivity index (χ2v) is 3.84. The summed E-state index contributed by atoms with van der Waals surface area (Å²) in [5, 5.41) is 0. The van der Waals surface area contributed by atoms with Crippen molar-refractivity contribution < 1.29 is 8.98 Å². The standard InChI is InChI=1S/C5H13NO.Sn.H/c1-6(2,3)4-5-7;;/h4-5H2,1-3H3;;/q;+1;/p+1. The molecule has 0 bridgehead atoms. The van der Waals surface area contributed by atoms with E-state index >= 15 is 0 Å². The maximum Gasteiger partial charge on any atom is 1.00 e. The molecule has 0 aromatic rings. The van der Waals surface area contributed by atoms with Crippen molar-refractivity contribution in [3.8, 4) is 0 Å². The maximum absolute atomic E-state index is 5.03. The molecular formula is C5H15NOSn+2. The summed E-state index contributed by atoms with van der Waals surface area (Å²) >= 11 is 0.927. The molecule has 0 N–H and O–H groups in total. The van der Waals surface area contributed by atoms with Gasteiger partial charge in [0.2, 0.25) is 0 Å². The van der Waals surface area contributed by atoms with Crippen molar-refractivity contribution in [2.75, 3.05) is 34.3 Å². The molecule has 0 atom stereocenters. The van der Waals surface area contributed by atoms with Crippen molar-refractivity contribution in [2.45, 2.75) is 0 Å². The van der Waals surface area contributed by atoms with E-state index in [9.17, 15) is 0 Å². The van der Waals surface area contributed by atoms with Gasteiger partial charge in [-0.15, -0.1) is 0 Å². The Morgan fingerprint density at radius 2 is 2.00 bits per heavy atom. The summed E-state index contributed by atoms with van der Waals surface area (Å²) in [6, 6.07) is 0. The van der Waals surface area contributed by atoms with Crippen LogP contribution in [0, 0.1) is 0 Å². The van der Waals surface area contributed by atoms with Gasteiger partial charge in [-0.3, -0.25) is 0 Å². The van der Waals surface area contributed by atoms with Crippen molar-refractivity contribution in [3.63, 3.8) is 0 Å². The zero-order chi connectivity index (χ0) is 6.62. The summed E-state index contributed by atoms with van der Waals surface area (Å²) in [6.07, 6.45) is 0. The van der Waals surface area contributed by atoms with E-state index in [-0.39, 0.29) is 1.43 Å². The molecule has 0 saturated carbocycles. The first-order valence-electron chi connectivity index (χ1n) is 2.68. The van der Waals surface area contributed by atoms with Gasteiger partial charge in [0.05, 0.1) is 0 Å². The van der Waals surface area contributed by atoms with Crippen LogP contribution in [0.15, 0.2) is 0 Å². The van der Waals surface area contributed by atoms with Crippen LogP contribution in [-0.2, 0) is 3.07 Å². The molecule has 0 saturated heterocycles. The Morgan fingerprint density at radius 3 is 2.12 bits per heavy atom. The molecule has 0 aromatic carbocycles. The van der Waals surface area contributed by atoms with E-state index in [2.05, 4.69) is 21.1 Å². The number of hydrogen-bond donors (Lipinski definition) is 0. The fourth-order valence-electron chi connectivity index (χ4n) is 0.327. The molecule has 0 fully saturated rings. The van der Waals surface area contributed by atoms with Crippen molar-refractivity contribution in [3.05, 3.63) is 0 Å². The Bertz CT molecular complexity index is 64.5. The first kappa shape index (κ1) is 8.72. The maximum atomic E-state index is 5.03. The monoisotopic (exact) mass is 225 g/mol. The molecule has 0 unspecified atom stereocenters. The van der Waals surface area contributed by atoms with E-state index in [1.807, 2.05) is 0 Å². The summed E-state index contributed by atoms with van der Waals surface area (Å²) in [5.74, 6) is 0. The van der Waals surface area contributed by atoms with Crippen LogP contribution in [0.4, 0.5) is 0 Å². The third-order valence-corrected chi connectivity index (χ3v) is 1.55. The van der Waals surface area contributed by atoms with Gasteiger partial charge in [-0.1, -0.05) is 0 Å². The summed E-state index contributed by atoms with van der Waals surface area (Å²) in [7, 11) is 6.50. The first-order valence-corrected chi connectivity index (χ1v) is 4.03. The Kier molecular flexibility index (Phi) is 4.02. The number of hydrogen-bond acceptors (Lipinski definition) is 1. The van der Waals surface area contributed by atoms with Crippen LogP contribution in [0.2, 0.25) is 0 Å². The molecule has 0 spiro atoms. The normalized spacial score (nSPS) is 12.0. The minimum atomic E-state index is 0. The summed E-state index contributed by atoms with van der Waals surface area (Å²) in [4.78, 5) is 0. The van der Waals surface area contributed by atoms with Crippen LogP contribution < -0.4 is 0 Å². The summed E-state index contributed by atoms with van der Waals surface area (Å²) in [6.45, 7) is 2.02. The van der Waals surface area contributed by atoms with Gasteiger partial charge in [0.25, 0.3) is 0 Å². The van der Waals surface area contributed by atoms with E-state index in [4.69, 9.17) is 3.07 Å². The van der Waals surface area contributed by atoms with Gasteiger partial charge < -0.3 is 0 Å². The number of quaternary nitrogens is 1. The zero-order valence-corrected chi connectivity index (χ0v) is 9.14. The fourth-order valence-corrected chi connectivity index (χ4v) is 0.627. The van der Waals surface area contributed by atoms with Gasteiger partial charge >= 0.3 is 66.2 Å². The smallest absolute Gasteiger partial charge is 1.00 e. The van der Waals surface area contributed by atoms with Crippen LogP contribution in [0.1, 0.15) is 1.43 Å². The Morgan fingerprint density at radius 1 is 1.50 bits per heavy atom. The minimum absolute atomic E-state index is 0. The SMILES string of the molecule is C[N+](C)(C)CC[O][SnH].[H+]. The zero-order valence-electron chi connectivity index (χ0n) is 6.85. The quantitative estimate of drug-likeness (QED) is 0.469.